The van der Waals surface area contributed by atoms with Crippen molar-refractivity contribution < 1.29 is 0 Å². The van der Waals surface area contributed by atoms with E-state index in [2.05, 4.69) is 23.5 Å². The molecule has 3 nitrogen and oxygen atoms in total. The van der Waals surface area contributed by atoms with Crippen molar-refractivity contribution in [1.29, 1.82) is 0 Å². The maximum atomic E-state index is 6.15. The second-order valence-corrected chi connectivity index (χ2v) is 6.42. The summed E-state index contributed by atoms with van der Waals surface area (Å²) in [6, 6.07) is 5.40. The van der Waals surface area contributed by atoms with Crippen LogP contribution < -0.4 is 11.1 Å². The Morgan fingerprint density at radius 3 is 2.60 bits per heavy atom. The Morgan fingerprint density at radius 2 is 2.05 bits per heavy atom. The molecule has 2 atom stereocenters. The first kappa shape index (κ1) is 20.1. The molecule has 20 heavy (non-hydrogen) atoms. The number of hydrogen-bond donors (Lipinski definition) is 2. The number of hydrogen-bond acceptors (Lipinski definition) is 2. The quantitative estimate of drug-likeness (QED) is 0.401. The summed E-state index contributed by atoms with van der Waals surface area (Å²) in [5.41, 5.74) is 6.80. The van der Waals surface area contributed by atoms with Gasteiger partial charge in [0.25, 0.3) is 0 Å². The van der Waals surface area contributed by atoms with Gasteiger partial charge in [-0.05, 0) is 30.9 Å². The summed E-state index contributed by atoms with van der Waals surface area (Å²) < 4.78 is 0. The summed E-state index contributed by atoms with van der Waals surface area (Å²) in [7, 11) is 0. The van der Waals surface area contributed by atoms with Crippen molar-refractivity contribution in [3.63, 3.8) is 0 Å². The Kier molecular flexibility index (Phi) is 10.0. The highest BCUT2D eigenvalue weighted by Crippen LogP contribution is 2.25. The zero-order valence-corrected chi connectivity index (χ0v) is 16.3. The number of guanidine groups is 1. The van der Waals surface area contributed by atoms with E-state index in [9.17, 15) is 0 Å². The molecule has 0 aliphatic carbocycles. The molecule has 1 aromatic carbocycles. The summed E-state index contributed by atoms with van der Waals surface area (Å²) in [5.74, 6) is 0.430. The molecule has 1 rings (SSSR count). The first-order chi connectivity index (χ1) is 8.93. The molecule has 0 saturated carbocycles. The molecule has 0 aliphatic heterocycles. The fourth-order valence-corrected chi connectivity index (χ4v) is 2.30. The van der Waals surface area contributed by atoms with Crippen LogP contribution >= 0.6 is 58.9 Å². The van der Waals surface area contributed by atoms with E-state index in [1.54, 1.807) is 17.8 Å². The van der Waals surface area contributed by atoms with E-state index in [-0.39, 0.29) is 30.0 Å². The fraction of sp³-hybridized carbons (Fsp3) is 0.462. The number of rotatable bonds is 5. The minimum atomic E-state index is -0.0156. The molecule has 0 amide bonds. The van der Waals surface area contributed by atoms with Gasteiger partial charge in [-0.15, -0.1) is 24.0 Å². The lowest BCUT2D eigenvalue weighted by Crippen LogP contribution is -2.34. The third-order valence-corrected chi connectivity index (χ3v) is 4.23. The average molecular weight is 448 g/mol. The molecular formula is C13H20Cl2IN3S. The second-order valence-electron chi connectivity index (χ2n) is 4.30. The van der Waals surface area contributed by atoms with Crippen LogP contribution in [0, 0.1) is 0 Å². The highest BCUT2D eigenvalue weighted by atomic mass is 127. The predicted molar refractivity (Wildman–Crippen MR) is 103 cm³/mol. The van der Waals surface area contributed by atoms with E-state index in [1.165, 1.54) is 0 Å². The van der Waals surface area contributed by atoms with Gasteiger partial charge in [0.2, 0.25) is 0 Å². The van der Waals surface area contributed by atoms with Crippen LogP contribution in [0.3, 0.4) is 0 Å². The third kappa shape index (κ3) is 6.74. The first-order valence-electron chi connectivity index (χ1n) is 5.98. The Hall–Kier alpha value is 0.150. The van der Waals surface area contributed by atoms with Crippen molar-refractivity contribution in [1.82, 2.24) is 5.32 Å². The largest absolute Gasteiger partial charge is 0.370 e. The van der Waals surface area contributed by atoms with Crippen molar-refractivity contribution in [2.45, 2.75) is 25.1 Å². The molecule has 0 heterocycles. The number of nitrogens with zero attached hydrogens (tertiary/aromatic N) is 1. The van der Waals surface area contributed by atoms with Gasteiger partial charge in [-0.2, -0.15) is 11.8 Å². The summed E-state index contributed by atoms with van der Waals surface area (Å²) in [4.78, 5) is 4.30. The van der Waals surface area contributed by atoms with Gasteiger partial charge < -0.3 is 11.1 Å². The lowest BCUT2D eigenvalue weighted by Gasteiger charge is -2.17. The summed E-state index contributed by atoms with van der Waals surface area (Å²) in [5, 5.41) is 4.82. The molecule has 114 valence electrons. The standard InChI is InChI=1S/C13H19Cl2N3S.HI/c1-8(19-3)7-17-13(16)18-9(2)11-5-4-10(14)6-12(11)15;/h4-6,8-9H,7H2,1-3H3,(H3,16,17,18);1H. The van der Waals surface area contributed by atoms with Crippen molar-refractivity contribution in [3.05, 3.63) is 33.8 Å². The Bertz CT molecular complexity index is 457. The van der Waals surface area contributed by atoms with E-state index in [0.717, 1.165) is 5.56 Å². The number of benzene rings is 1. The summed E-state index contributed by atoms with van der Waals surface area (Å²) >= 11 is 13.8. The fourth-order valence-electron chi connectivity index (χ4n) is 1.50. The van der Waals surface area contributed by atoms with Crippen molar-refractivity contribution in [2.75, 3.05) is 12.8 Å². The van der Waals surface area contributed by atoms with Crippen LogP contribution in [0.25, 0.3) is 0 Å². The van der Waals surface area contributed by atoms with E-state index in [4.69, 9.17) is 28.9 Å². The highest BCUT2D eigenvalue weighted by Gasteiger charge is 2.10. The Morgan fingerprint density at radius 1 is 1.40 bits per heavy atom. The topological polar surface area (TPSA) is 50.4 Å². The minimum Gasteiger partial charge on any atom is -0.370 e. The molecule has 0 bridgehead atoms. The number of aliphatic imine (C=N–C) groups is 1. The van der Waals surface area contributed by atoms with Crippen LogP contribution in [0.4, 0.5) is 0 Å². The second kappa shape index (κ2) is 9.97. The lowest BCUT2D eigenvalue weighted by atomic mass is 10.1. The molecule has 0 saturated heterocycles. The number of nitrogens with one attached hydrogen (secondary N) is 1. The molecule has 0 aliphatic rings. The molecule has 3 N–H and O–H groups in total. The molecule has 0 aromatic heterocycles. The van der Waals surface area contributed by atoms with Gasteiger partial charge in [0.05, 0.1) is 12.6 Å². The Balaban J connectivity index is 0.00000361. The van der Waals surface area contributed by atoms with Gasteiger partial charge in [-0.25, -0.2) is 0 Å². The van der Waals surface area contributed by atoms with Gasteiger partial charge in [0.15, 0.2) is 5.96 Å². The highest BCUT2D eigenvalue weighted by molar-refractivity contribution is 14.0. The van der Waals surface area contributed by atoms with Gasteiger partial charge >= 0.3 is 0 Å². The molecule has 1 aromatic rings. The summed E-state index contributed by atoms with van der Waals surface area (Å²) in [6.45, 7) is 4.79. The maximum Gasteiger partial charge on any atom is 0.189 e. The van der Waals surface area contributed by atoms with Gasteiger partial charge in [0, 0.05) is 15.3 Å². The number of nitrogens with two attached hydrogens (primary N) is 1. The molecule has 7 heteroatoms. The van der Waals surface area contributed by atoms with Crippen LogP contribution in [-0.2, 0) is 0 Å². The van der Waals surface area contributed by atoms with Gasteiger partial charge in [-0.1, -0.05) is 36.2 Å². The number of thioether (sulfide) groups is 1. The van der Waals surface area contributed by atoms with Crippen LogP contribution in [0.2, 0.25) is 10.0 Å². The zero-order valence-electron chi connectivity index (χ0n) is 11.7. The van der Waals surface area contributed by atoms with Crippen LogP contribution in [0.5, 0.6) is 0 Å². The zero-order chi connectivity index (χ0) is 14.4. The average Bonchev–Trinajstić information content (AvgIpc) is 2.35. The molecular weight excluding hydrogens is 428 g/mol. The van der Waals surface area contributed by atoms with E-state index >= 15 is 0 Å². The third-order valence-electron chi connectivity index (χ3n) is 2.71. The maximum absolute atomic E-state index is 6.15. The normalized spacial score (nSPS) is 14.3. The van der Waals surface area contributed by atoms with E-state index in [0.29, 0.717) is 27.8 Å². The van der Waals surface area contributed by atoms with Crippen molar-refractivity contribution in [2.24, 2.45) is 10.7 Å². The Labute approximate surface area is 152 Å². The SMILES string of the molecule is CSC(C)CN=C(N)NC(C)c1ccc(Cl)cc1Cl.I. The smallest absolute Gasteiger partial charge is 0.189 e. The van der Waals surface area contributed by atoms with Crippen molar-refractivity contribution in [3.8, 4) is 0 Å². The van der Waals surface area contributed by atoms with Crippen LogP contribution in [0.15, 0.2) is 23.2 Å². The van der Waals surface area contributed by atoms with Gasteiger partial charge in [-0.3, -0.25) is 4.99 Å². The molecule has 0 spiro atoms. The van der Waals surface area contributed by atoms with Crippen LogP contribution in [0.1, 0.15) is 25.5 Å². The van der Waals surface area contributed by atoms with E-state index in [1.807, 2.05) is 19.1 Å². The number of halogens is 3. The molecule has 0 radical (unpaired) electrons. The molecule has 2 unspecified atom stereocenters. The van der Waals surface area contributed by atoms with Gasteiger partial charge in [0.1, 0.15) is 0 Å². The van der Waals surface area contributed by atoms with E-state index < -0.39 is 0 Å². The molecule has 0 fully saturated rings. The van der Waals surface area contributed by atoms with Crippen molar-refractivity contribution >= 4 is 64.9 Å². The lowest BCUT2D eigenvalue weighted by molar-refractivity contribution is 0.707. The minimum absolute atomic E-state index is 0. The predicted octanol–water partition coefficient (Wildman–Crippen LogP) is 4.33. The van der Waals surface area contributed by atoms with Crippen LogP contribution in [-0.4, -0.2) is 24.0 Å². The first-order valence-corrected chi connectivity index (χ1v) is 8.02. The summed E-state index contributed by atoms with van der Waals surface area (Å²) in [6.07, 6.45) is 2.06. The monoisotopic (exact) mass is 447 g/mol.